The van der Waals surface area contributed by atoms with Gasteiger partial charge in [-0.05, 0) is 27.2 Å². The molecule has 0 heterocycles. The summed E-state index contributed by atoms with van der Waals surface area (Å²) in [7, 11) is 1.42. The molecule has 3 heteroatoms. The lowest BCUT2D eigenvalue weighted by Crippen LogP contribution is -2.44. The summed E-state index contributed by atoms with van der Waals surface area (Å²) in [4.78, 5) is 11.0. The van der Waals surface area contributed by atoms with Crippen LogP contribution < -0.4 is 5.32 Å². The second-order valence-corrected chi connectivity index (χ2v) is 4.28. The zero-order chi connectivity index (χ0) is 10.5. The van der Waals surface area contributed by atoms with Gasteiger partial charge in [0.05, 0.1) is 13.5 Å². The van der Waals surface area contributed by atoms with Gasteiger partial charge in [-0.2, -0.15) is 0 Å². The van der Waals surface area contributed by atoms with E-state index in [1.807, 2.05) is 0 Å². The number of esters is 1. The van der Waals surface area contributed by atoms with Gasteiger partial charge in [0.15, 0.2) is 0 Å². The third-order valence-electron chi connectivity index (χ3n) is 1.77. The maximum absolute atomic E-state index is 11.0. The largest absolute Gasteiger partial charge is 0.469 e. The van der Waals surface area contributed by atoms with E-state index in [2.05, 4.69) is 37.7 Å². The Kier molecular flexibility index (Phi) is 4.99. The Labute approximate surface area is 80.8 Å². The lowest BCUT2D eigenvalue weighted by molar-refractivity contribution is -0.141. The molecule has 3 nitrogen and oxygen atoms in total. The van der Waals surface area contributed by atoms with Crippen molar-refractivity contribution < 1.29 is 9.53 Å². The van der Waals surface area contributed by atoms with Crippen molar-refractivity contribution in [1.82, 2.24) is 5.32 Å². The molecule has 0 saturated carbocycles. The summed E-state index contributed by atoms with van der Waals surface area (Å²) >= 11 is 0. The van der Waals surface area contributed by atoms with E-state index in [9.17, 15) is 4.79 Å². The minimum atomic E-state index is -0.149. The number of rotatable bonds is 4. The summed E-state index contributed by atoms with van der Waals surface area (Å²) < 4.78 is 4.62. The van der Waals surface area contributed by atoms with Crippen LogP contribution in [-0.4, -0.2) is 24.7 Å². The number of methoxy groups -OCH3 is 1. The summed E-state index contributed by atoms with van der Waals surface area (Å²) in [5, 5.41) is 3.37. The first-order valence-electron chi connectivity index (χ1n) is 4.73. The fourth-order valence-corrected chi connectivity index (χ4v) is 1.19. The fourth-order valence-electron chi connectivity index (χ4n) is 1.19. The fraction of sp³-hybridized carbons (Fsp3) is 0.900. The number of nitrogens with one attached hydrogen (secondary N) is 1. The highest BCUT2D eigenvalue weighted by molar-refractivity contribution is 5.69. The van der Waals surface area contributed by atoms with Crippen LogP contribution in [0.1, 0.15) is 40.5 Å². The Morgan fingerprint density at radius 2 is 2.00 bits per heavy atom. The molecule has 0 amide bonds. The predicted molar refractivity (Wildman–Crippen MR) is 53.6 cm³/mol. The van der Waals surface area contributed by atoms with Gasteiger partial charge in [-0.3, -0.25) is 4.79 Å². The Morgan fingerprint density at radius 1 is 1.46 bits per heavy atom. The van der Waals surface area contributed by atoms with Crippen molar-refractivity contribution >= 4 is 5.97 Å². The molecule has 0 bridgehead atoms. The molecule has 0 aliphatic heterocycles. The highest BCUT2D eigenvalue weighted by Crippen LogP contribution is 2.07. The Hall–Kier alpha value is -0.570. The summed E-state index contributed by atoms with van der Waals surface area (Å²) in [5.41, 5.74) is 0.0503. The number of carbonyl (C=O) groups excluding carboxylic acids is 1. The van der Waals surface area contributed by atoms with Gasteiger partial charge < -0.3 is 10.1 Å². The predicted octanol–water partition coefficient (Wildman–Crippen LogP) is 1.72. The zero-order valence-electron chi connectivity index (χ0n) is 9.31. The van der Waals surface area contributed by atoms with E-state index in [4.69, 9.17) is 0 Å². The molecule has 0 radical (unpaired) electrons. The highest BCUT2D eigenvalue weighted by atomic mass is 16.5. The zero-order valence-corrected chi connectivity index (χ0v) is 9.31. The second-order valence-electron chi connectivity index (χ2n) is 4.28. The topological polar surface area (TPSA) is 38.3 Å². The minimum Gasteiger partial charge on any atom is -0.469 e. The van der Waals surface area contributed by atoms with E-state index in [1.54, 1.807) is 0 Å². The standard InChI is InChI=1S/C10H21NO2/c1-6-8(7-9(12)13-5)11-10(2,3)4/h8,11H,6-7H2,1-5H3. The molecule has 0 aromatic carbocycles. The van der Waals surface area contributed by atoms with Crippen molar-refractivity contribution in [2.75, 3.05) is 7.11 Å². The number of hydrogen-bond donors (Lipinski definition) is 1. The molecule has 13 heavy (non-hydrogen) atoms. The van der Waals surface area contributed by atoms with Gasteiger partial charge in [-0.15, -0.1) is 0 Å². The Balaban J connectivity index is 3.97. The van der Waals surface area contributed by atoms with E-state index in [0.29, 0.717) is 6.42 Å². The monoisotopic (exact) mass is 187 g/mol. The lowest BCUT2D eigenvalue weighted by atomic mass is 10.0. The van der Waals surface area contributed by atoms with Crippen molar-refractivity contribution in [3.05, 3.63) is 0 Å². The first-order valence-corrected chi connectivity index (χ1v) is 4.73. The molecule has 0 aliphatic carbocycles. The van der Waals surface area contributed by atoms with E-state index in [1.165, 1.54) is 7.11 Å². The van der Waals surface area contributed by atoms with E-state index in [0.717, 1.165) is 6.42 Å². The van der Waals surface area contributed by atoms with Crippen LogP contribution in [0.4, 0.5) is 0 Å². The molecule has 0 aliphatic rings. The van der Waals surface area contributed by atoms with Crippen LogP contribution in [0, 0.1) is 0 Å². The normalized spacial score (nSPS) is 13.9. The molecule has 0 fully saturated rings. The van der Waals surface area contributed by atoms with Crippen LogP contribution in [0.5, 0.6) is 0 Å². The maximum Gasteiger partial charge on any atom is 0.307 e. The number of carbonyl (C=O) groups is 1. The van der Waals surface area contributed by atoms with Gasteiger partial charge in [0.25, 0.3) is 0 Å². The molecule has 0 saturated heterocycles. The summed E-state index contributed by atoms with van der Waals surface area (Å²) in [5.74, 6) is -0.149. The molecule has 1 unspecified atom stereocenters. The van der Waals surface area contributed by atoms with Crippen molar-refractivity contribution in [3.63, 3.8) is 0 Å². The third-order valence-corrected chi connectivity index (χ3v) is 1.77. The summed E-state index contributed by atoms with van der Waals surface area (Å²) in [6.07, 6.45) is 1.39. The average Bonchev–Trinajstić information content (AvgIpc) is 2.00. The number of ether oxygens (including phenoxy) is 1. The van der Waals surface area contributed by atoms with E-state index in [-0.39, 0.29) is 17.6 Å². The first-order chi connectivity index (χ1) is 5.89. The molecule has 0 aromatic rings. The maximum atomic E-state index is 11.0. The van der Waals surface area contributed by atoms with Crippen molar-refractivity contribution in [2.45, 2.75) is 52.1 Å². The SMILES string of the molecule is CCC(CC(=O)OC)NC(C)(C)C. The highest BCUT2D eigenvalue weighted by Gasteiger charge is 2.18. The molecule has 0 rings (SSSR count). The lowest BCUT2D eigenvalue weighted by Gasteiger charge is -2.27. The third kappa shape index (κ3) is 6.58. The smallest absolute Gasteiger partial charge is 0.307 e. The Morgan fingerprint density at radius 3 is 2.31 bits per heavy atom. The minimum absolute atomic E-state index is 0.0503. The van der Waals surface area contributed by atoms with E-state index < -0.39 is 0 Å². The van der Waals surface area contributed by atoms with Crippen LogP contribution in [0.3, 0.4) is 0 Å². The van der Waals surface area contributed by atoms with Gasteiger partial charge in [-0.1, -0.05) is 6.92 Å². The van der Waals surface area contributed by atoms with Gasteiger partial charge in [0.1, 0.15) is 0 Å². The van der Waals surface area contributed by atoms with Crippen LogP contribution >= 0.6 is 0 Å². The van der Waals surface area contributed by atoms with Gasteiger partial charge in [-0.25, -0.2) is 0 Å². The van der Waals surface area contributed by atoms with Crippen LogP contribution in [0.2, 0.25) is 0 Å². The molecule has 78 valence electrons. The van der Waals surface area contributed by atoms with Crippen molar-refractivity contribution in [3.8, 4) is 0 Å². The van der Waals surface area contributed by atoms with Gasteiger partial charge >= 0.3 is 5.97 Å². The van der Waals surface area contributed by atoms with Crippen LogP contribution in [0.15, 0.2) is 0 Å². The first kappa shape index (κ1) is 12.4. The molecule has 1 N–H and O–H groups in total. The molecule has 0 spiro atoms. The average molecular weight is 187 g/mol. The van der Waals surface area contributed by atoms with Crippen molar-refractivity contribution in [2.24, 2.45) is 0 Å². The van der Waals surface area contributed by atoms with Crippen molar-refractivity contribution in [1.29, 1.82) is 0 Å². The molecule has 0 aromatic heterocycles. The molecular weight excluding hydrogens is 166 g/mol. The number of hydrogen-bond acceptors (Lipinski definition) is 3. The van der Waals surface area contributed by atoms with Crippen LogP contribution in [-0.2, 0) is 9.53 Å². The molecule has 1 atom stereocenters. The van der Waals surface area contributed by atoms with Gasteiger partial charge in [0.2, 0.25) is 0 Å². The Bertz CT molecular complexity index is 161. The quantitative estimate of drug-likeness (QED) is 0.681. The van der Waals surface area contributed by atoms with Crippen LogP contribution in [0.25, 0.3) is 0 Å². The second kappa shape index (κ2) is 5.22. The summed E-state index contributed by atoms with van der Waals surface area (Å²) in [6, 6.07) is 0.215. The van der Waals surface area contributed by atoms with E-state index >= 15 is 0 Å². The van der Waals surface area contributed by atoms with Gasteiger partial charge in [0, 0.05) is 11.6 Å². The molecular formula is C10H21NO2. The summed E-state index contributed by atoms with van der Waals surface area (Å²) in [6.45, 7) is 8.33.